The average Bonchev–Trinajstić information content (AvgIpc) is 2.55. The number of hydrogen-bond acceptors (Lipinski definition) is 2. The first-order chi connectivity index (χ1) is 11.4. The van der Waals surface area contributed by atoms with Gasteiger partial charge in [0.25, 0.3) is 5.56 Å². The Morgan fingerprint density at radius 3 is 2.67 bits per heavy atom. The summed E-state index contributed by atoms with van der Waals surface area (Å²) in [6.07, 6.45) is 1.94. The molecule has 0 saturated heterocycles. The lowest BCUT2D eigenvalue weighted by atomic mass is 9.85. The number of hydrogen-bond donors (Lipinski definition) is 0. The number of aryl methyl sites for hydroxylation is 2. The molecule has 0 amide bonds. The van der Waals surface area contributed by atoms with E-state index in [1.165, 1.54) is 5.56 Å². The van der Waals surface area contributed by atoms with E-state index >= 15 is 0 Å². The van der Waals surface area contributed by atoms with Crippen molar-refractivity contribution in [2.24, 2.45) is 5.41 Å². The molecule has 2 aromatic carbocycles. The topological polar surface area (TPSA) is 34.9 Å². The highest BCUT2D eigenvalue weighted by Crippen LogP contribution is 2.30. The van der Waals surface area contributed by atoms with E-state index in [0.29, 0.717) is 5.39 Å². The molecule has 3 heteroatoms. The Kier molecular flexibility index (Phi) is 3.34. The first kappa shape index (κ1) is 15.1. The Morgan fingerprint density at radius 2 is 1.88 bits per heavy atom. The molecule has 0 fully saturated rings. The van der Waals surface area contributed by atoms with Gasteiger partial charge in [-0.25, -0.2) is 4.98 Å². The van der Waals surface area contributed by atoms with E-state index in [-0.39, 0.29) is 11.0 Å². The summed E-state index contributed by atoms with van der Waals surface area (Å²) in [5, 5.41) is 0.716. The maximum atomic E-state index is 12.9. The summed E-state index contributed by atoms with van der Waals surface area (Å²) in [6, 6.07) is 14.4. The minimum atomic E-state index is 0.0959. The second-order valence-corrected chi connectivity index (χ2v) is 7.68. The predicted molar refractivity (Wildman–Crippen MR) is 98.3 cm³/mol. The van der Waals surface area contributed by atoms with Crippen molar-refractivity contribution in [2.75, 3.05) is 0 Å². The van der Waals surface area contributed by atoms with Crippen molar-refractivity contribution in [1.82, 2.24) is 9.55 Å². The lowest BCUT2D eigenvalue weighted by molar-refractivity contribution is 0.240. The van der Waals surface area contributed by atoms with Gasteiger partial charge in [0.05, 0.1) is 10.9 Å². The van der Waals surface area contributed by atoms with E-state index in [1.54, 1.807) is 0 Å². The first-order valence-electron chi connectivity index (χ1n) is 8.53. The van der Waals surface area contributed by atoms with Gasteiger partial charge in [-0.2, -0.15) is 0 Å². The van der Waals surface area contributed by atoms with Crippen LogP contribution in [0, 0.1) is 12.3 Å². The highest BCUT2D eigenvalue weighted by atomic mass is 16.1. The molecule has 0 unspecified atom stereocenters. The standard InChI is InChI=1S/C21H22N2O/c1-14-5-4-6-15(11-14)16-7-8-17-18(12-16)22-19-9-10-21(2,3)13-23(19)20(17)24/h4-8,11-12H,9-10,13H2,1-3H3. The molecule has 1 aliphatic rings. The van der Waals surface area contributed by atoms with E-state index in [4.69, 9.17) is 4.98 Å². The Balaban J connectivity index is 1.89. The molecule has 122 valence electrons. The van der Waals surface area contributed by atoms with Crippen molar-refractivity contribution >= 4 is 10.9 Å². The summed E-state index contributed by atoms with van der Waals surface area (Å²) < 4.78 is 1.87. The van der Waals surface area contributed by atoms with Crippen LogP contribution in [-0.4, -0.2) is 9.55 Å². The number of benzene rings is 2. The number of nitrogens with zero attached hydrogens (tertiary/aromatic N) is 2. The SMILES string of the molecule is Cc1cccc(-c2ccc3c(=O)n4c(nc3c2)CCC(C)(C)C4)c1. The van der Waals surface area contributed by atoms with Crippen LogP contribution in [-0.2, 0) is 13.0 Å². The molecule has 3 aromatic rings. The van der Waals surface area contributed by atoms with Crippen LogP contribution < -0.4 is 5.56 Å². The lowest BCUT2D eigenvalue weighted by Gasteiger charge is -2.31. The molecule has 24 heavy (non-hydrogen) atoms. The smallest absolute Gasteiger partial charge is 0.261 e. The second-order valence-electron chi connectivity index (χ2n) is 7.68. The average molecular weight is 318 g/mol. The molecule has 0 radical (unpaired) electrons. The summed E-state index contributed by atoms with van der Waals surface area (Å²) in [6.45, 7) is 7.28. The Labute approximate surface area is 142 Å². The van der Waals surface area contributed by atoms with Crippen LogP contribution in [0.2, 0.25) is 0 Å². The molecule has 0 atom stereocenters. The summed E-state index contributed by atoms with van der Waals surface area (Å²) in [7, 11) is 0. The van der Waals surface area contributed by atoms with Crippen LogP contribution in [0.4, 0.5) is 0 Å². The molecule has 0 saturated carbocycles. The monoisotopic (exact) mass is 318 g/mol. The number of aromatic nitrogens is 2. The van der Waals surface area contributed by atoms with Crippen LogP contribution in [0.1, 0.15) is 31.7 Å². The van der Waals surface area contributed by atoms with Gasteiger partial charge >= 0.3 is 0 Å². The number of fused-ring (bicyclic) bond motifs is 2. The van der Waals surface area contributed by atoms with Crippen LogP contribution in [0.15, 0.2) is 47.3 Å². The van der Waals surface area contributed by atoms with E-state index in [9.17, 15) is 4.79 Å². The van der Waals surface area contributed by atoms with Crippen LogP contribution in [0.5, 0.6) is 0 Å². The maximum absolute atomic E-state index is 12.9. The Bertz CT molecular complexity index is 998. The normalized spacial score (nSPS) is 16.1. The fourth-order valence-electron chi connectivity index (χ4n) is 3.58. The van der Waals surface area contributed by atoms with Crippen LogP contribution in [0.25, 0.3) is 22.0 Å². The summed E-state index contributed by atoms with van der Waals surface area (Å²) in [4.78, 5) is 17.7. The van der Waals surface area contributed by atoms with E-state index in [0.717, 1.165) is 41.9 Å². The minimum Gasteiger partial charge on any atom is -0.296 e. The molecule has 0 aliphatic carbocycles. The maximum Gasteiger partial charge on any atom is 0.261 e. The first-order valence-corrected chi connectivity index (χ1v) is 8.53. The third-order valence-corrected chi connectivity index (χ3v) is 5.00. The molecule has 4 rings (SSSR count). The zero-order valence-corrected chi connectivity index (χ0v) is 14.5. The molecule has 2 heterocycles. The van der Waals surface area contributed by atoms with Crippen LogP contribution in [0.3, 0.4) is 0 Å². The van der Waals surface area contributed by atoms with Gasteiger partial charge in [0, 0.05) is 13.0 Å². The van der Waals surface area contributed by atoms with Crippen molar-refractivity contribution in [3.8, 4) is 11.1 Å². The molecular weight excluding hydrogens is 296 g/mol. The van der Waals surface area contributed by atoms with Gasteiger partial charge in [-0.1, -0.05) is 49.7 Å². The minimum absolute atomic E-state index is 0.0959. The zero-order valence-electron chi connectivity index (χ0n) is 14.5. The van der Waals surface area contributed by atoms with Crippen molar-refractivity contribution in [3.63, 3.8) is 0 Å². The van der Waals surface area contributed by atoms with Crippen molar-refractivity contribution in [1.29, 1.82) is 0 Å². The summed E-state index contributed by atoms with van der Waals surface area (Å²) in [5.41, 5.74) is 4.57. The van der Waals surface area contributed by atoms with Gasteiger partial charge in [0.2, 0.25) is 0 Å². The van der Waals surface area contributed by atoms with Crippen molar-refractivity contribution in [2.45, 2.75) is 40.2 Å². The van der Waals surface area contributed by atoms with Gasteiger partial charge in [-0.3, -0.25) is 9.36 Å². The molecule has 0 spiro atoms. The molecule has 1 aliphatic heterocycles. The van der Waals surface area contributed by atoms with E-state index in [2.05, 4.69) is 45.0 Å². The lowest BCUT2D eigenvalue weighted by Crippen LogP contribution is -2.36. The third-order valence-electron chi connectivity index (χ3n) is 5.00. The van der Waals surface area contributed by atoms with Gasteiger partial charge in [-0.05, 0) is 42.0 Å². The van der Waals surface area contributed by atoms with Gasteiger partial charge in [0.1, 0.15) is 5.82 Å². The molecule has 0 N–H and O–H groups in total. The third kappa shape index (κ3) is 2.54. The quantitative estimate of drug-likeness (QED) is 0.669. The van der Waals surface area contributed by atoms with Gasteiger partial charge in [0.15, 0.2) is 0 Å². The highest BCUT2D eigenvalue weighted by molar-refractivity contribution is 5.83. The Hall–Kier alpha value is -2.42. The molecule has 1 aromatic heterocycles. The molecule has 3 nitrogen and oxygen atoms in total. The summed E-state index contributed by atoms with van der Waals surface area (Å²) in [5.74, 6) is 0.924. The predicted octanol–water partition coefficient (Wildman–Crippen LogP) is 4.34. The van der Waals surface area contributed by atoms with E-state index < -0.39 is 0 Å². The molecule has 0 bridgehead atoms. The number of rotatable bonds is 1. The van der Waals surface area contributed by atoms with Crippen LogP contribution >= 0.6 is 0 Å². The van der Waals surface area contributed by atoms with Crippen molar-refractivity contribution < 1.29 is 0 Å². The molecular formula is C21H22N2O. The van der Waals surface area contributed by atoms with E-state index in [1.807, 2.05) is 22.8 Å². The van der Waals surface area contributed by atoms with Crippen molar-refractivity contribution in [3.05, 3.63) is 64.2 Å². The van der Waals surface area contributed by atoms with Gasteiger partial charge in [-0.15, -0.1) is 0 Å². The fourth-order valence-corrected chi connectivity index (χ4v) is 3.58. The fraction of sp³-hybridized carbons (Fsp3) is 0.333. The summed E-state index contributed by atoms with van der Waals surface area (Å²) >= 11 is 0. The highest BCUT2D eigenvalue weighted by Gasteiger charge is 2.27. The zero-order chi connectivity index (χ0) is 16.9. The largest absolute Gasteiger partial charge is 0.296 e. The second kappa shape index (κ2) is 5.30. The Morgan fingerprint density at radius 1 is 1.08 bits per heavy atom. The van der Waals surface area contributed by atoms with Gasteiger partial charge < -0.3 is 0 Å².